The fraction of sp³-hybridized carbons (Fsp3) is 0.118. The molecule has 1 aliphatic rings. The number of nitrogens with one attached hydrogen (secondary N) is 1. The molecule has 5 nitrogen and oxygen atoms in total. The van der Waals surface area contributed by atoms with Crippen LogP contribution in [0.2, 0.25) is 5.02 Å². The van der Waals surface area contributed by atoms with Crippen LogP contribution in [0.3, 0.4) is 0 Å². The summed E-state index contributed by atoms with van der Waals surface area (Å²) in [6.07, 6.45) is 2.65. The van der Waals surface area contributed by atoms with E-state index < -0.39 is 0 Å². The molecule has 116 valence electrons. The van der Waals surface area contributed by atoms with E-state index >= 15 is 0 Å². The van der Waals surface area contributed by atoms with Gasteiger partial charge in [0.15, 0.2) is 0 Å². The summed E-state index contributed by atoms with van der Waals surface area (Å²) in [6.45, 7) is 0.700. The number of aromatic nitrogens is 2. The van der Waals surface area contributed by atoms with Crippen molar-refractivity contribution in [3.63, 3.8) is 0 Å². The molecule has 2 heterocycles. The van der Waals surface area contributed by atoms with E-state index in [1.807, 2.05) is 12.1 Å². The third kappa shape index (κ3) is 2.29. The van der Waals surface area contributed by atoms with E-state index in [0.717, 1.165) is 28.9 Å². The molecule has 0 atom stereocenters. The first-order chi connectivity index (χ1) is 11.1. The van der Waals surface area contributed by atoms with Crippen molar-refractivity contribution in [3.05, 3.63) is 47.1 Å². The van der Waals surface area contributed by atoms with Crippen LogP contribution < -0.4 is 4.74 Å². The minimum absolute atomic E-state index is 0.0789. The van der Waals surface area contributed by atoms with Gasteiger partial charge < -0.3 is 14.9 Å². The van der Waals surface area contributed by atoms with E-state index in [2.05, 4.69) is 16.3 Å². The van der Waals surface area contributed by atoms with Crippen molar-refractivity contribution in [2.75, 3.05) is 6.61 Å². The molecule has 23 heavy (non-hydrogen) atoms. The lowest BCUT2D eigenvalue weighted by Crippen LogP contribution is -1.86. The van der Waals surface area contributed by atoms with Crippen molar-refractivity contribution < 1.29 is 14.9 Å². The highest BCUT2D eigenvalue weighted by Crippen LogP contribution is 2.41. The lowest BCUT2D eigenvalue weighted by molar-refractivity contribution is 0.357. The normalized spacial score (nSPS) is 12.9. The summed E-state index contributed by atoms with van der Waals surface area (Å²) < 4.78 is 5.53. The van der Waals surface area contributed by atoms with Crippen molar-refractivity contribution in [2.24, 2.45) is 0 Å². The van der Waals surface area contributed by atoms with E-state index in [4.69, 9.17) is 16.3 Å². The first kappa shape index (κ1) is 14.0. The van der Waals surface area contributed by atoms with Crippen LogP contribution >= 0.6 is 11.6 Å². The fourth-order valence-corrected chi connectivity index (χ4v) is 2.97. The molecule has 0 aliphatic carbocycles. The fourth-order valence-electron chi connectivity index (χ4n) is 2.81. The number of rotatable bonds is 2. The first-order valence-electron chi connectivity index (χ1n) is 7.15. The molecule has 0 saturated heterocycles. The number of halogens is 1. The van der Waals surface area contributed by atoms with Crippen LogP contribution in [-0.2, 0) is 6.42 Å². The van der Waals surface area contributed by atoms with Gasteiger partial charge in [-0.25, -0.2) is 0 Å². The molecule has 0 amide bonds. The number of benzene rings is 2. The van der Waals surface area contributed by atoms with Gasteiger partial charge in [-0.05, 0) is 29.3 Å². The Morgan fingerprint density at radius 1 is 1.09 bits per heavy atom. The van der Waals surface area contributed by atoms with Crippen LogP contribution in [0.15, 0.2) is 36.5 Å². The monoisotopic (exact) mass is 328 g/mol. The van der Waals surface area contributed by atoms with Gasteiger partial charge >= 0.3 is 0 Å². The standard InChI is InChI=1S/C17H13ClN2O3/c18-13-6-11(14(21)7-15(13)22)17-12(8-19-20-17)9-1-2-16-10(5-9)3-4-23-16/h1-2,5-8,21-22H,3-4H2,(H,19,20). The summed E-state index contributed by atoms with van der Waals surface area (Å²) in [6, 6.07) is 8.68. The number of fused-ring (bicyclic) bond motifs is 1. The molecular formula is C17H13ClN2O3. The predicted octanol–water partition coefficient (Wildman–Crippen LogP) is 3.74. The van der Waals surface area contributed by atoms with Crippen molar-refractivity contribution in [1.82, 2.24) is 10.2 Å². The molecule has 3 N–H and O–H groups in total. The van der Waals surface area contributed by atoms with Gasteiger partial charge in [0.05, 0.1) is 11.6 Å². The molecule has 0 saturated carbocycles. The largest absolute Gasteiger partial charge is 0.507 e. The van der Waals surface area contributed by atoms with Crippen LogP contribution in [0.4, 0.5) is 0 Å². The number of hydrogen-bond acceptors (Lipinski definition) is 4. The maximum absolute atomic E-state index is 10.1. The Bertz CT molecular complexity index is 905. The lowest BCUT2D eigenvalue weighted by Gasteiger charge is -2.08. The van der Waals surface area contributed by atoms with Crippen LogP contribution in [0.1, 0.15) is 5.56 Å². The number of ether oxygens (including phenoxy) is 1. The van der Waals surface area contributed by atoms with Crippen molar-refractivity contribution in [3.8, 4) is 39.6 Å². The van der Waals surface area contributed by atoms with Gasteiger partial charge in [0.25, 0.3) is 0 Å². The molecule has 0 bridgehead atoms. The highest BCUT2D eigenvalue weighted by molar-refractivity contribution is 6.32. The minimum atomic E-state index is -0.167. The summed E-state index contributed by atoms with van der Waals surface area (Å²) in [4.78, 5) is 0. The second-order valence-electron chi connectivity index (χ2n) is 5.39. The van der Waals surface area contributed by atoms with Gasteiger partial charge in [-0.1, -0.05) is 17.7 Å². The van der Waals surface area contributed by atoms with Crippen molar-refractivity contribution >= 4 is 11.6 Å². The Hall–Kier alpha value is -2.66. The van der Waals surface area contributed by atoms with E-state index in [9.17, 15) is 10.2 Å². The molecule has 0 unspecified atom stereocenters. The maximum Gasteiger partial charge on any atom is 0.137 e. The van der Waals surface area contributed by atoms with Crippen molar-refractivity contribution in [2.45, 2.75) is 6.42 Å². The summed E-state index contributed by atoms with van der Waals surface area (Å²) in [5.74, 6) is 0.666. The quantitative estimate of drug-likeness (QED) is 0.669. The Labute approximate surface area is 137 Å². The number of phenols is 2. The van der Waals surface area contributed by atoms with E-state index in [1.54, 1.807) is 6.20 Å². The summed E-state index contributed by atoms with van der Waals surface area (Å²) in [5.41, 5.74) is 4.00. The minimum Gasteiger partial charge on any atom is -0.507 e. The smallest absolute Gasteiger partial charge is 0.137 e. The summed E-state index contributed by atoms with van der Waals surface area (Å²) in [7, 11) is 0. The Kier molecular flexibility index (Phi) is 3.16. The molecule has 4 rings (SSSR count). The van der Waals surface area contributed by atoms with Crippen LogP contribution in [0.5, 0.6) is 17.2 Å². The second kappa shape index (κ2) is 5.21. The van der Waals surface area contributed by atoms with E-state index in [0.29, 0.717) is 17.9 Å². The topological polar surface area (TPSA) is 78.4 Å². The third-order valence-electron chi connectivity index (χ3n) is 3.96. The maximum atomic E-state index is 10.1. The summed E-state index contributed by atoms with van der Waals surface area (Å²) >= 11 is 5.96. The number of phenolic OH excluding ortho intramolecular Hbond substituents is 2. The van der Waals surface area contributed by atoms with E-state index in [1.165, 1.54) is 12.1 Å². The van der Waals surface area contributed by atoms with Crippen LogP contribution in [0, 0.1) is 0 Å². The zero-order valence-corrected chi connectivity index (χ0v) is 12.8. The molecule has 3 aromatic rings. The number of aromatic hydroxyl groups is 2. The zero-order valence-electron chi connectivity index (χ0n) is 12.0. The SMILES string of the molecule is Oc1cc(O)c(-c2n[nH]cc2-c2ccc3c(c2)CCO3)cc1Cl. The molecular weight excluding hydrogens is 316 g/mol. The number of nitrogens with zero attached hydrogens (tertiary/aromatic N) is 1. The van der Waals surface area contributed by atoms with E-state index in [-0.39, 0.29) is 16.5 Å². The lowest BCUT2D eigenvalue weighted by atomic mass is 9.99. The molecule has 2 aromatic carbocycles. The summed E-state index contributed by atoms with van der Waals surface area (Å²) in [5, 5.41) is 26.9. The highest BCUT2D eigenvalue weighted by Gasteiger charge is 2.18. The number of aromatic amines is 1. The molecule has 6 heteroatoms. The molecule has 1 aromatic heterocycles. The van der Waals surface area contributed by atoms with Gasteiger partial charge in [0, 0.05) is 29.8 Å². The third-order valence-corrected chi connectivity index (χ3v) is 4.26. The predicted molar refractivity (Wildman–Crippen MR) is 87.0 cm³/mol. The van der Waals surface area contributed by atoms with Gasteiger partial charge in [0.1, 0.15) is 22.9 Å². The Morgan fingerprint density at radius 3 is 2.83 bits per heavy atom. The van der Waals surface area contributed by atoms with Gasteiger partial charge in [-0.15, -0.1) is 0 Å². The van der Waals surface area contributed by atoms with Crippen molar-refractivity contribution in [1.29, 1.82) is 0 Å². The molecule has 0 spiro atoms. The second-order valence-corrected chi connectivity index (χ2v) is 5.80. The van der Waals surface area contributed by atoms with Crippen LogP contribution in [-0.4, -0.2) is 27.0 Å². The average Bonchev–Trinajstić information content (AvgIpc) is 3.18. The number of H-pyrrole nitrogens is 1. The Morgan fingerprint density at radius 2 is 1.96 bits per heavy atom. The van der Waals surface area contributed by atoms with Gasteiger partial charge in [-0.3, -0.25) is 5.10 Å². The average molecular weight is 329 g/mol. The zero-order chi connectivity index (χ0) is 16.0. The molecule has 0 fully saturated rings. The molecule has 0 radical (unpaired) electrons. The number of hydrogen-bond donors (Lipinski definition) is 3. The van der Waals surface area contributed by atoms with Gasteiger partial charge in [0.2, 0.25) is 0 Å². The van der Waals surface area contributed by atoms with Gasteiger partial charge in [-0.2, -0.15) is 5.10 Å². The Balaban J connectivity index is 1.85. The highest BCUT2D eigenvalue weighted by atomic mass is 35.5. The van der Waals surface area contributed by atoms with Crippen LogP contribution in [0.25, 0.3) is 22.4 Å². The molecule has 1 aliphatic heterocycles. The first-order valence-corrected chi connectivity index (χ1v) is 7.53.